The molecule has 3 fully saturated rings. The number of fused-ring (bicyclic) bond motifs is 1. The Labute approximate surface area is 143 Å². The molecule has 7 nitrogen and oxygen atoms in total. The standard InChI is InChI=1S/C16H26N3O4P/c1-3-12-11-6-5-8-19(11)24(22-12)23-14-10-15(21-13(14)4-2)18-9-7-17-16(18)20/h7,9,11-15H,3-6,8,10H2,1-2H3,(H,17,20)/t11-,12+,13+,14?,15+,24-/m0/s1. The predicted molar refractivity (Wildman–Crippen MR) is 90.6 cm³/mol. The number of nitrogens with one attached hydrogen (secondary N) is 1. The number of ether oxygens (including phenoxy) is 1. The van der Waals surface area contributed by atoms with Crippen LogP contribution in [0.4, 0.5) is 0 Å². The Morgan fingerprint density at radius 1 is 1.38 bits per heavy atom. The molecule has 1 aromatic rings. The molecule has 8 heteroatoms. The fourth-order valence-electron chi connectivity index (χ4n) is 4.05. The van der Waals surface area contributed by atoms with Gasteiger partial charge in [0, 0.05) is 31.4 Å². The zero-order valence-electron chi connectivity index (χ0n) is 14.3. The minimum Gasteiger partial charge on any atom is -0.352 e. The van der Waals surface area contributed by atoms with Crippen LogP contribution in [-0.4, -0.2) is 45.1 Å². The number of imidazole rings is 1. The summed E-state index contributed by atoms with van der Waals surface area (Å²) in [5.41, 5.74) is -0.135. The van der Waals surface area contributed by atoms with E-state index in [1.54, 1.807) is 17.0 Å². The monoisotopic (exact) mass is 355 g/mol. The van der Waals surface area contributed by atoms with Crippen LogP contribution in [0.1, 0.15) is 52.2 Å². The molecule has 4 heterocycles. The maximum atomic E-state index is 11.8. The third-order valence-corrected chi connectivity index (χ3v) is 7.15. The maximum Gasteiger partial charge on any atom is 0.327 e. The summed E-state index contributed by atoms with van der Waals surface area (Å²) in [6.07, 6.45) is 8.43. The second kappa shape index (κ2) is 6.89. The molecule has 0 bridgehead atoms. The average Bonchev–Trinajstić information content (AvgIpc) is 3.32. The molecule has 3 aliphatic rings. The van der Waals surface area contributed by atoms with E-state index < -0.39 is 8.53 Å². The van der Waals surface area contributed by atoms with Crippen LogP contribution in [0.25, 0.3) is 0 Å². The Balaban J connectivity index is 1.46. The third kappa shape index (κ3) is 2.86. The molecular formula is C16H26N3O4P. The zero-order valence-corrected chi connectivity index (χ0v) is 15.2. The molecule has 4 rings (SSSR count). The van der Waals surface area contributed by atoms with Gasteiger partial charge in [-0.1, -0.05) is 13.8 Å². The van der Waals surface area contributed by atoms with Crippen LogP contribution in [0, 0.1) is 0 Å². The molecule has 3 saturated heterocycles. The lowest BCUT2D eigenvalue weighted by Crippen LogP contribution is -2.28. The summed E-state index contributed by atoms with van der Waals surface area (Å²) in [5, 5.41) is 0. The van der Waals surface area contributed by atoms with Gasteiger partial charge in [-0.3, -0.25) is 4.57 Å². The second-order valence-corrected chi connectivity index (χ2v) is 8.16. The van der Waals surface area contributed by atoms with Gasteiger partial charge in [-0.25, -0.2) is 9.46 Å². The van der Waals surface area contributed by atoms with Crippen LogP contribution in [0.3, 0.4) is 0 Å². The van der Waals surface area contributed by atoms with Gasteiger partial charge in [-0.05, 0) is 25.7 Å². The molecule has 0 saturated carbocycles. The normalized spacial score (nSPS) is 39.6. The number of nitrogens with zero attached hydrogens (tertiary/aromatic N) is 2. The van der Waals surface area contributed by atoms with Gasteiger partial charge >= 0.3 is 5.69 Å². The van der Waals surface area contributed by atoms with E-state index in [1.165, 1.54) is 12.8 Å². The van der Waals surface area contributed by atoms with Crippen molar-refractivity contribution in [1.82, 2.24) is 14.2 Å². The quantitative estimate of drug-likeness (QED) is 0.823. The first-order chi connectivity index (χ1) is 11.7. The van der Waals surface area contributed by atoms with E-state index in [-0.39, 0.29) is 24.1 Å². The first kappa shape index (κ1) is 16.7. The van der Waals surface area contributed by atoms with Crippen molar-refractivity contribution in [1.29, 1.82) is 0 Å². The Hall–Kier alpha value is -0.720. The highest BCUT2D eigenvalue weighted by Gasteiger charge is 2.48. The molecule has 1 N–H and O–H groups in total. The van der Waals surface area contributed by atoms with Gasteiger partial charge in [0.1, 0.15) is 6.23 Å². The van der Waals surface area contributed by atoms with E-state index in [0.29, 0.717) is 18.6 Å². The topological polar surface area (TPSA) is 68.7 Å². The highest BCUT2D eigenvalue weighted by Crippen LogP contribution is 2.58. The Bertz CT molecular complexity index is 620. The van der Waals surface area contributed by atoms with Crippen molar-refractivity contribution in [2.75, 3.05) is 6.54 Å². The van der Waals surface area contributed by atoms with Crippen molar-refractivity contribution in [3.05, 3.63) is 22.9 Å². The summed E-state index contributed by atoms with van der Waals surface area (Å²) in [7, 11) is -1.00. The van der Waals surface area contributed by atoms with Crippen molar-refractivity contribution in [2.45, 2.75) is 76.5 Å². The molecule has 0 aromatic carbocycles. The molecular weight excluding hydrogens is 329 g/mol. The largest absolute Gasteiger partial charge is 0.352 e. The van der Waals surface area contributed by atoms with Crippen molar-refractivity contribution < 1.29 is 13.8 Å². The van der Waals surface area contributed by atoms with E-state index in [1.807, 2.05) is 0 Å². The summed E-state index contributed by atoms with van der Waals surface area (Å²) in [6.45, 7) is 5.35. The Kier molecular flexibility index (Phi) is 4.80. The van der Waals surface area contributed by atoms with Crippen LogP contribution >= 0.6 is 8.53 Å². The minimum atomic E-state index is -1.00. The molecule has 3 aliphatic heterocycles. The average molecular weight is 355 g/mol. The van der Waals surface area contributed by atoms with Crippen LogP contribution in [0.5, 0.6) is 0 Å². The summed E-state index contributed by atoms with van der Waals surface area (Å²) in [6, 6.07) is 0.520. The van der Waals surface area contributed by atoms with Crippen LogP contribution in [0.2, 0.25) is 0 Å². The van der Waals surface area contributed by atoms with Gasteiger partial charge in [0.05, 0.1) is 18.3 Å². The zero-order chi connectivity index (χ0) is 16.7. The van der Waals surface area contributed by atoms with Crippen molar-refractivity contribution in [3.63, 3.8) is 0 Å². The Morgan fingerprint density at radius 3 is 2.92 bits per heavy atom. The molecule has 1 aromatic heterocycles. The molecule has 24 heavy (non-hydrogen) atoms. The van der Waals surface area contributed by atoms with Gasteiger partial charge < -0.3 is 18.8 Å². The molecule has 0 amide bonds. The highest BCUT2D eigenvalue weighted by atomic mass is 31.2. The van der Waals surface area contributed by atoms with Gasteiger partial charge in [0.2, 0.25) is 0 Å². The fourth-order valence-corrected chi connectivity index (χ4v) is 6.13. The lowest BCUT2D eigenvalue weighted by atomic mass is 10.1. The van der Waals surface area contributed by atoms with Crippen molar-refractivity contribution in [2.24, 2.45) is 0 Å². The number of aromatic nitrogens is 2. The summed E-state index contributed by atoms with van der Waals surface area (Å²) in [4.78, 5) is 14.5. The molecule has 1 unspecified atom stereocenters. The predicted octanol–water partition coefficient (Wildman–Crippen LogP) is 2.76. The van der Waals surface area contributed by atoms with Crippen LogP contribution in [-0.2, 0) is 13.8 Å². The number of rotatable bonds is 5. The van der Waals surface area contributed by atoms with E-state index in [2.05, 4.69) is 23.5 Å². The lowest BCUT2D eigenvalue weighted by molar-refractivity contribution is -0.0181. The SMILES string of the molecule is CC[C@H]1O[C@@H](n2cc[nH]c2=O)CC1O[P@]1O[C@H](CC)[C@@H]2CCCN21. The van der Waals surface area contributed by atoms with Gasteiger partial charge in [0.15, 0.2) is 0 Å². The molecule has 0 aliphatic carbocycles. The number of hydrogen-bond donors (Lipinski definition) is 1. The minimum absolute atomic E-state index is 0.00429. The smallest absolute Gasteiger partial charge is 0.327 e. The Morgan fingerprint density at radius 2 is 2.21 bits per heavy atom. The van der Waals surface area contributed by atoms with Gasteiger partial charge in [0.25, 0.3) is 8.53 Å². The molecule has 0 spiro atoms. The number of aromatic amines is 1. The van der Waals surface area contributed by atoms with Crippen molar-refractivity contribution >= 4 is 8.53 Å². The van der Waals surface area contributed by atoms with Crippen LogP contribution in [0.15, 0.2) is 17.2 Å². The molecule has 0 radical (unpaired) electrons. The van der Waals surface area contributed by atoms with Crippen molar-refractivity contribution in [3.8, 4) is 0 Å². The summed E-state index contributed by atoms with van der Waals surface area (Å²) in [5.74, 6) is 0. The second-order valence-electron chi connectivity index (χ2n) is 6.75. The van der Waals surface area contributed by atoms with Gasteiger partial charge in [-0.15, -0.1) is 0 Å². The number of H-pyrrole nitrogens is 1. The summed E-state index contributed by atoms with van der Waals surface area (Å²) < 4.78 is 22.7. The molecule has 6 atom stereocenters. The maximum absolute atomic E-state index is 11.8. The van der Waals surface area contributed by atoms with E-state index in [4.69, 9.17) is 13.8 Å². The van der Waals surface area contributed by atoms with E-state index >= 15 is 0 Å². The number of hydrogen-bond acceptors (Lipinski definition) is 5. The third-order valence-electron chi connectivity index (χ3n) is 5.33. The lowest BCUT2D eigenvalue weighted by Gasteiger charge is -2.25. The highest BCUT2D eigenvalue weighted by molar-refractivity contribution is 7.45. The van der Waals surface area contributed by atoms with E-state index in [0.717, 1.165) is 19.4 Å². The fraction of sp³-hybridized carbons (Fsp3) is 0.812. The molecule has 134 valence electrons. The van der Waals surface area contributed by atoms with Gasteiger partial charge in [-0.2, -0.15) is 0 Å². The van der Waals surface area contributed by atoms with E-state index in [9.17, 15) is 4.79 Å². The first-order valence-electron chi connectivity index (χ1n) is 9.02. The van der Waals surface area contributed by atoms with Crippen LogP contribution < -0.4 is 5.69 Å². The first-order valence-corrected chi connectivity index (χ1v) is 10.2. The summed E-state index contributed by atoms with van der Waals surface area (Å²) >= 11 is 0.